The van der Waals surface area contributed by atoms with E-state index in [2.05, 4.69) is 28.5 Å². The maximum Gasteiger partial charge on any atom is 0.240 e. The van der Waals surface area contributed by atoms with Crippen LogP contribution in [0.25, 0.3) is 16.6 Å². The smallest absolute Gasteiger partial charge is 0.240 e. The minimum Gasteiger partial charge on any atom is -0.397 e. The van der Waals surface area contributed by atoms with Crippen molar-refractivity contribution in [1.82, 2.24) is 19.6 Å². The Morgan fingerprint density at radius 2 is 1.88 bits per heavy atom. The largest absolute Gasteiger partial charge is 0.397 e. The number of likely N-dealkylation sites (tertiary alicyclic amines) is 1. The monoisotopic (exact) mass is 570 g/mol. The molecule has 1 fully saturated rings. The van der Waals surface area contributed by atoms with Gasteiger partial charge in [0, 0.05) is 61.8 Å². The number of hydrogen-bond donors (Lipinski definition) is 4. The summed E-state index contributed by atoms with van der Waals surface area (Å²) in [6, 6.07) is 11.3. The highest BCUT2D eigenvalue weighted by molar-refractivity contribution is 7.89. The lowest BCUT2D eigenvalue weighted by Gasteiger charge is -2.36. The fraction of sp³-hybridized carbons (Fsp3) is 0.414. The molecule has 0 aliphatic carbocycles. The third-order valence-electron chi connectivity index (χ3n) is 7.27. The second-order valence-corrected chi connectivity index (χ2v) is 12.6. The van der Waals surface area contributed by atoms with Gasteiger partial charge in [0.1, 0.15) is 5.82 Å². The van der Waals surface area contributed by atoms with Gasteiger partial charge in [-0.1, -0.05) is 26.0 Å². The molecule has 1 aliphatic heterocycles. The summed E-state index contributed by atoms with van der Waals surface area (Å²) in [4.78, 5) is 17.7. The molecular weight excluding hydrogens is 531 g/mol. The van der Waals surface area contributed by atoms with Crippen molar-refractivity contribution in [1.29, 1.82) is 0 Å². The average molecular weight is 571 g/mol. The molecule has 6 N–H and O–H groups in total. The molecule has 0 bridgehead atoms. The molecule has 4 rings (SSSR count). The second kappa shape index (κ2) is 12.5. The van der Waals surface area contributed by atoms with E-state index in [1.807, 2.05) is 12.1 Å². The average Bonchev–Trinajstić information content (AvgIpc) is 3.28. The lowest BCUT2D eigenvalue weighted by atomic mass is 10.0. The number of nitrogens with zero attached hydrogens (tertiary/aromatic N) is 2. The zero-order valence-electron chi connectivity index (χ0n) is 23.3. The molecule has 0 amide bonds. The predicted molar refractivity (Wildman–Crippen MR) is 156 cm³/mol. The van der Waals surface area contributed by atoms with Crippen LogP contribution in [-0.2, 0) is 16.4 Å². The number of fused-ring (bicyclic) bond motifs is 1. The van der Waals surface area contributed by atoms with Crippen LogP contribution in [0.4, 0.5) is 4.39 Å². The molecule has 1 aromatic heterocycles. The van der Waals surface area contributed by atoms with Crippen LogP contribution in [0, 0.1) is 11.7 Å². The summed E-state index contributed by atoms with van der Waals surface area (Å²) in [7, 11) is -3.57. The number of sulfonamides is 1. The molecule has 9 nitrogen and oxygen atoms in total. The standard InChI is InChI=1S/C29H39FN6O3S/c1-19(2)16-21-4-7-24(8-5-21)40(38,39)33-12-15-35-13-10-23(11-14-35)36(32)18-26(31)28-25-17-22(30)6-9-27(25)34-29(28)20(3)37/h4-9,17-19,23,33-34H,10-16,31-32H2,1-3H3/b26-18-. The number of Topliss-reactive ketones (excluding diaryl/α,β-unsaturated/α-hetero) is 1. The van der Waals surface area contributed by atoms with Gasteiger partial charge in [-0.3, -0.25) is 4.79 Å². The molecule has 2 heterocycles. The van der Waals surface area contributed by atoms with Crippen LogP contribution in [-0.4, -0.2) is 61.3 Å². The van der Waals surface area contributed by atoms with Gasteiger partial charge in [0.25, 0.3) is 0 Å². The number of nitrogens with one attached hydrogen (secondary N) is 2. The Bertz CT molecular complexity index is 1480. The molecular formula is C29H39FN6O3S. The number of carbonyl (C=O) groups excluding carboxylic acids is 1. The Hall–Kier alpha value is -3.25. The van der Waals surface area contributed by atoms with Crippen molar-refractivity contribution in [2.75, 3.05) is 26.2 Å². The number of piperidine rings is 1. The number of H-pyrrole nitrogens is 1. The molecule has 0 radical (unpaired) electrons. The van der Waals surface area contributed by atoms with Crippen molar-refractivity contribution >= 4 is 32.4 Å². The first-order chi connectivity index (χ1) is 18.9. The van der Waals surface area contributed by atoms with Crippen molar-refractivity contribution in [3.05, 3.63) is 71.3 Å². The highest BCUT2D eigenvalue weighted by atomic mass is 32.2. The number of hydrazine groups is 1. The molecule has 3 aromatic rings. The first-order valence-corrected chi connectivity index (χ1v) is 15.1. The van der Waals surface area contributed by atoms with E-state index >= 15 is 0 Å². The molecule has 0 atom stereocenters. The van der Waals surface area contributed by atoms with E-state index in [0.29, 0.717) is 41.2 Å². The molecule has 40 heavy (non-hydrogen) atoms. The van der Waals surface area contributed by atoms with Gasteiger partial charge in [0.15, 0.2) is 5.78 Å². The number of nitrogens with two attached hydrogens (primary N) is 2. The van der Waals surface area contributed by atoms with E-state index in [-0.39, 0.29) is 22.4 Å². The molecule has 1 aliphatic rings. The first-order valence-electron chi connectivity index (χ1n) is 13.6. The minimum atomic E-state index is -3.57. The van der Waals surface area contributed by atoms with Crippen LogP contribution in [0.2, 0.25) is 0 Å². The lowest BCUT2D eigenvalue weighted by molar-refractivity contribution is 0.101. The fourth-order valence-corrected chi connectivity index (χ4v) is 6.22. The number of aromatic amines is 1. The van der Waals surface area contributed by atoms with Crippen LogP contribution in [0.5, 0.6) is 0 Å². The van der Waals surface area contributed by atoms with Gasteiger partial charge < -0.3 is 20.6 Å². The minimum absolute atomic E-state index is 0.0126. The van der Waals surface area contributed by atoms with Crippen LogP contribution in [0.15, 0.2) is 53.6 Å². The quantitative estimate of drug-likeness (QED) is 0.157. The van der Waals surface area contributed by atoms with E-state index in [9.17, 15) is 17.6 Å². The molecule has 0 unspecified atom stereocenters. The number of rotatable bonds is 11. The van der Waals surface area contributed by atoms with E-state index in [1.165, 1.54) is 19.1 Å². The molecule has 11 heteroatoms. The number of ketones is 1. The van der Waals surface area contributed by atoms with Crippen molar-refractivity contribution < 1.29 is 17.6 Å². The molecule has 2 aromatic carbocycles. The number of carbonyl (C=O) groups is 1. The summed E-state index contributed by atoms with van der Waals surface area (Å²) >= 11 is 0. The molecule has 0 saturated carbocycles. The molecule has 216 valence electrons. The van der Waals surface area contributed by atoms with E-state index in [1.54, 1.807) is 29.4 Å². The van der Waals surface area contributed by atoms with Crippen molar-refractivity contribution in [3.63, 3.8) is 0 Å². The van der Waals surface area contributed by atoms with Gasteiger partial charge in [-0.2, -0.15) is 0 Å². The number of hydrogen-bond acceptors (Lipinski definition) is 7. The normalized spacial score (nSPS) is 15.7. The predicted octanol–water partition coefficient (Wildman–Crippen LogP) is 3.58. The van der Waals surface area contributed by atoms with Crippen molar-refractivity contribution in [2.24, 2.45) is 17.5 Å². The maximum atomic E-state index is 13.9. The van der Waals surface area contributed by atoms with Crippen molar-refractivity contribution in [2.45, 2.75) is 51.0 Å². The Kier molecular flexibility index (Phi) is 9.29. The topological polar surface area (TPSA) is 138 Å². The lowest BCUT2D eigenvalue weighted by Crippen LogP contribution is -2.47. The summed E-state index contributed by atoms with van der Waals surface area (Å²) in [5.41, 5.74) is 9.15. The zero-order valence-corrected chi connectivity index (χ0v) is 24.1. The Morgan fingerprint density at radius 1 is 1.20 bits per heavy atom. The summed E-state index contributed by atoms with van der Waals surface area (Å²) in [5.74, 6) is 6.23. The highest BCUT2D eigenvalue weighted by Crippen LogP contribution is 2.28. The zero-order chi connectivity index (χ0) is 29.0. The number of aromatic nitrogens is 1. The fourth-order valence-electron chi connectivity index (χ4n) is 5.20. The van der Waals surface area contributed by atoms with Crippen molar-refractivity contribution in [3.8, 4) is 0 Å². The van der Waals surface area contributed by atoms with Crippen LogP contribution in [0.1, 0.15) is 55.2 Å². The molecule has 1 saturated heterocycles. The van der Waals surface area contributed by atoms with Crippen LogP contribution < -0.4 is 16.3 Å². The number of halogens is 1. The van der Waals surface area contributed by atoms with E-state index in [4.69, 9.17) is 11.6 Å². The Morgan fingerprint density at radius 3 is 2.50 bits per heavy atom. The first kappa shape index (κ1) is 29.7. The van der Waals surface area contributed by atoms with Gasteiger partial charge in [-0.25, -0.2) is 23.4 Å². The van der Waals surface area contributed by atoms with Crippen LogP contribution >= 0.6 is 0 Å². The Balaban J connectivity index is 1.31. The van der Waals surface area contributed by atoms with E-state index < -0.39 is 15.8 Å². The summed E-state index contributed by atoms with van der Waals surface area (Å²) in [6.45, 7) is 8.08. The summed E-state index contributed by atoms with van der Waals surface area (Å²) in [6.07, 6.45) is 4.02. The highest BCUT2D eigenvalue weighted by Gasteiger charge is 2.24. The van der Waals surface area contributed by atoms with E-state index in [0.717, 1.165) is 37.9 Å². The third-order valence-corrected chi connectivity index (χ3v) is 8.74. The SMILES string of the molecule is CC(=O)c1[nH]c2ccc(F)cc2c1/C(N)=C/N(N)C1CCN(CCNS(=O)(=O)c2ccc(CC(C)C)cc2)CC1. The van der Waals surface area contributed by atoms with Gasteiger partial charge in [0.2, 0.25) is 10.0 Å². The maximum absolute atomic E-state index is 13.9. The van der Waals surface area contributed by atoms with Gasteiger partial charge in [-0.05, 0) is 61.1 Å². The van der Waals surface area contributed by atoms with Gasteiger partial charge in [-0.15, -0.1) is 0 Å². The third kappa shape index (κ3) is 7.08. The van der Waals surface area contributed by atoms with Gasteiger partial charge in [0.05, 0.1) is 16.3 Å². The Labute approximate surface area is 235 Å². The summed E-state index contributed by atoms with van der Waals surface area (Å²) < 4.78 is 42.0. The van der Waals surface area contributed by atoms with Gasteiger partial charge >= 0.3 is 0 Å². The second-order valence-electron chi connectivity index (χ2n) is 10.9. The molecule has 0 spiro atoms. The van der Waals surface area contributed by atoms with Crippen LogP contribution in [0.3, 0.4) is 0 Å². The summed E-state index contributed by atoms with van der Waals surface area (Å²) in [5, 5.41) is 2.08. The number of benzene rings is 2.